The third-order valence-electron chi connectivity index (χ3n) is 14.2. The number of carbonyl (C=O) groups excluding carboxylic acids is 6. The number of nitrogens with zero attached hydrogens (tertiary/aromatic N) is 2. The van der Waals surface area contributed by atoms with Crippen LogP contribution in [-0.4, -0.2) is 81.9 Å². The molecule has 7 aliphatic rings. The first kappa shape index (κ1) is 39.8. The molecule has 0 radical (unpaired) electrons. The predicted molar refractivity (Wildman–Crippen MR) is 207 cm³/mol. The van der Waals surface area contributed by atoms with Gasteiger partial charge in [-0.15, -0.1) is 6.58 Å². The second kappa shape index (κ2) is 16.2. The number of hydrogen-bond donors (Lipinski definition) is 4. The lowest BCUT2D eigenvalue weighted by Gasteiger charge is -2.56. The number of allylic oxidation sites excluding steroid dienone is 1. The maximum atomic E-state index is 14.8. The van der Waals surface area contributed by atoms with Crippen molar-refractivity contribution in [3.05, 3.63) is 53.5 Å². The zero-order valence-electron chi connectivity index (χ0n) is 32.9. The molecule has 8 rings (SSSR count). The van der Waals surface area contributed by atoms with Crippen LogP contribution in [0, 0.1) is 45.8 Å². The molecule has 0 spiro atoms. The molecule has 1 unspecified atom stereocenters. The summed E-state index contributed by atoms with van der Waals surface area (Å²) >= 11 is 0. The van der Waals surface area contributed by atoms with Crippen LogP contribution in [0.4, 0.5) is 4.79 Å². The molecular weight excluding hydrogens is 713 g/mol. The fourth-order valence-corrected chi connectivity index (χ4v) is 11.7. The van der Waals surface area contributed by atoms with Crippen molar-refractivity contribution in [1.82, 2.24) is 26.2 Å². The van der Waals surface area contributed by atoms with Crippen molar-refractivity contribution in [2.75, 3.05) is 13.1 Å². The molecule has 6 saturated carbocycles. The monoisotopic (exact) mass is 771 g/mol. The normalized spacial score (nSPS) is 30.6. The third kappa shape index (κ3) is 8.32. The van der Waals surface area contributed by atoms with Crippen molar-refractivity contribution in [3.63, 3.8) is 0 Å². The van der Waals surface area contributed by atoms with Gasteiger partial charge in [0.15, 0.2) is 0 Å². The van der Waals surface area contributed by atoms with Crippen molar-refractivity contribution in [3.8, 4) is 0 Å². The highest BCUT2D eigenvalue weighted by molar-refractivity contribution is 6.38. The minimum absolute atomic E-state index is 0.0573. The number of rotatable bonds is 15. The van der Waals surface area contributed by atoms with Crippen LogP contribution in [0.3, 0.4) is 0 Å². The Morgan fingerprint density at radius 2 is 1.57 bits per heavy atom. The summed E-state index contributed by atoms with van der Waals surface area (Å²) in [5, 5.41) is 11.6. The van der Waals surface area contributed by atoms with Crippen LogP contribution in [0.2, 0.25) is 0 Å². The van der Waals surface area contributed by atoms with Gasteiger partial charge in [0.05, 0.1) is 10.8 Å². The predicted octanol–water partition coefficient (Wildman–Crippen LogP) is 4.33. The summed E-state index contributed by atoms with van der Waals surface area (Å²) in [6, 6.07) is 5.43. The summed E-state index contributed by atoms with van der Waals surface area (Å²) in [4.78, 5) is 96.1. The first-order valence-electron chi connectivity index (χ1n) is 20.9. The van der Waals surface area contributed by atoms with E-state index in [1.54, 1.807) is 41.3 Å². The van der Waals surface area contributed by atoms with Gasteiger partial charge in [0, 0.05) is 22.6 Å². The standard InChI is InChI=1S/C43H58N6O7/c1-4-5-16-32(37(51)39(53)44-23-33(50)49(56)24-26-12-8-6-9-13-26)45-38(52)36-34-31(42(34,2)3)25-48(36)40(54)35(30-14-10-7-11-15-30)46-41(55)47-43-20-27-17-28(21-43)19-29(18-27)22-43/h4,6,8-9,12-13,27-32,34-36H,1,5,7,10-11,14-25H2,2-3H3,(H3-,44,45,46,47,52,53,55)/p+1/t27?,28?,29?,31-,32?,34-,35-,36-,43?/m0/s1. The van der Waals surface area contributed by atoms with E-state index >= 15 is 0 Å². The highest BCUT2D eigenvalue weighted by Crippen LogP contribution is 2.65. The van der Waals surface area contributed by atoms with Gasteiger partial charge in [-0.1, -0.05) is 69.5 Å². The van der Waals surface area contributed by atoms with Gasteiger partial charge in [0.25, 0.3) is 5.91 Å². The maximum absolute atomic E-state index is 14.8. The van der Waals surface area contributed by atoms with E-state index < -0.39 is 48.2 Å². The number of likely N-dealkylation sites (tertiary alicyclic amines) is 1. The molecule has 4 bridgehead atoms. The molecule has 6 aliphatic carbocycles. The van der Waals surface area contributed by atoms with Gasteiger partial charge in [0.2, 0.25) is 24.1 Å². The highest BCUT2D eigenvalue weighted by Gasteiger charge is 2.70. The third-order valence-corrected chi connectivity index (χ3v) is 14.2. The van der Waals surface area contributed by atoms with Crippen molar-refractivity contribution in [2.45, 2.75) is 128 Å². The Bertz CT molecular complexity index is 1700. The summed E-state index contributed by atoms with van der Waals surface area (Å²) in [7, 11) is 0. The fourth-order valence-electron chi connectivity index (χ4n) is 11.7. The van der Waals surface area contributed by atoms with E-state index in [1.165, 1.54) is 19.3 Å². The molecular formula is C43H59N6O7+. The Morgan fingerprint density at radius 1 is 0.929 bits per heavy atom. The number of ketones is 1. The van der Waals surface area contributed by atoms with Crippen molar-refractivity contribution in [2.24, 2.45) is 40.9 Å². The number of carbonyl (C=O) groups is 6. The summed E-state index contributed by atoms with van der Waals surface area (Å²) in [6.07, 6.45) is 13.3. The van der Waals surface area contributed by atoms with Gasteiger partial charge >= 0.3 is 11.9 Å². The van der Waals surface area contributed by atoms with Crippen LogP contribution in [0.15, 0.2) is 43.0 Å². The largest absolute Gasteiger partial charge is 0.452 e. The van der Waals surface area contributed by atoms with Crippen molar-refractivity contribution >= 4 is 35.4 Å². The topological polar surface area (TPSA) is 174 Å². The number of piperidine rings is 1. The molecule has 7 fully saturated rings. The molecule has 302 valence electrons. The Balaban J connectivity index is 1.03. The van der Waals surface area contributed by atoms with Crippen LogP contribution in [0.5, 0.6) is 0 Å². The molecule has 5 atom stereocenters. The number of urea groups is 1. The summed E-state index contributed by atoms with van der Waals surface area (Å²) < 4.78 is 0.221. The van der Waals surface area contributed by atoms with E-state index in [0.29, 0.717) is 36.3 Å². The Kier molecular flexibility index (Phi) is 11.5. The number of nitrogens with one attached hydrogen (secondary N) is 4. The van der Waals surface area contributed by atoms with Gasteiger partial charge < -0.3 is 26.2 Å². The van der Waals surface area contributed by atoms with Crippen LogP contribution in [0.1, 0.15) is 103 Å². The van der Waals surface area contributed by atoms with Gasteiger partial charge in [-0.2, -0.15) is 0 Å². The lowest BCUT2D eigenvalue weighted by molar-refractivity contribution is -0.483. The summed E-state index contributed by atoms with van der Waals surface area (Å²) in [5.74, 6) is -1.97. The van der Waals surface area contributed by atoms with E-state index in [2.05, 4.69) is 41.7 Å². The van der Waals surface area contributed by atoms with E-state index in [1.807, 2.05) is 0 Å². The lowest BCUT2D eigenvalue weighted by atomic mass is 9.53. The Hall–Kier alpha value is -4.42. The molecule has 1 heterocycles. The molecule has 1 aromatic carbocycles. The highest BCUT2D eigenvalue weighted by atomic mass is 16.3. The number of fused-ring (bicyclic) bond motifs is 1. The van der Waals surface area contributed by atoms with E-state index in [-0.39, 0.29) is 58.4 Å². The van der Waals surface area contributed by atoms with Gasteiger partial charge in [-0.05, 0) is 105 Å². The van der Waals surface area contributed by atoms with E-state index in [4.69, 9.17) is 0 Å². The SMILES string of the molecule is C=CCCC(NC(=O)[C@@H]1[C@@H]2[C@H](CN1C(=O)[C@@H](NC(=O)NC13CC4CC(CC(C4)C1)C3)C1CCCCC1)C2(C)C)C(=O)C(=O)NCC(=O)[N+](=O)Cc1ccccc1. The molecule has 56 heavy (non-hydrogen) atoms. The molecule has 13 nitrogen and oxygen atoms in total. The average molecular weight is 772 g/mol. The van der Waals surface area contributed by atoms with Gasteiger partial charge in [-0.25, -0.2) is 9.59 Å². The van der Waals surface area contributed by atoms with Crippen molar-refractivity contribution in [1.29, 1.82) is 0 Å². The number of benzene rings is 1. The minimum Gasteiger partial charge on any atom is -0.344 e. The van der Waals surface area contributed by atoms with Crippen LogP contribution in [0.25, 0.3) is 0 Å². The quantitative estimate of drug-likeness (QED) is 0.117. The molecule has 0 aromatic heterocycles. The van der Waals surface area contributed by atoms with Gasteiger partial charge in [0.1, 0.15) is 18.6 Å². The minimum atomic E-state index is -1.25. The maximum Gasteiger partial charge on any atom is 0.452 e. The molecule has 1 saturated heterocycles. The molecule has 4 N–H and O–H groups in total. The number of amides is 6. The number of nitroso groups, excluding NO2 is 1. The molecule has 13 heteroatoms. The zero-order valence-corrected chi connectivity index (χ0v) is 32.9. The van der Waals surface area contributed by atoms with Crippen LogP contribution < -0.4 is 21.3 Å². The summed E-state index contributed by atoms with van der Waals surface area (Å²) in [5.41, 5.74) is 0.182. The fraction of sp³-hybridized carbons (Fsp3) is 0.674. The molecule has 1 aliphatic heterocycles. The van der Waals surface area contributed by atoms with E-state index in [9.17, 15) is 33.7 Å². The summed E-state index contributed by atoms with van der Waals surface area (Å²) in [6.45, 7) is 7.34. The number of hydrogen-bond acceptors (Lipinski definition) is 7. The second-order valence-corrected chi connectivity index (χ2v) is 18.5. The lowest BCUT2D eigenvalue weighted by Crippen LogP contribution is -2.64. The number of Topliss-reactive ketones (excluding diaryl/α,β-unsaturated/α-hetero) is 1. The van der Waals surface area contributed by atoms with Crippen molar-refractivity contribution < 1.29 is 33.5 Å². The van der Waals surface area contributed by atoms with Gasteiger partial charge in [-0.3, -0.25) is 19.2 Å². The molecule has 6 amide bonds. The second-order valence-electron chi connectivity index (χ2n) is 18.5. The van der Waals surface area contributed by atoms with E-state index in [0.717, 1.165) is 51.4 Å². The first-order chi connectivity index (χ1) is 26.8. The zero-order chi connectivity index (χ0) is 39.8. The first-order valence-corrected chi connectivity index (χ1v) is 20.9. The Morgan fingerprint density at radius 3 is 2.20 bits per heavy atom. The smallest absolute Gasteiger partial charge is 0.344 e. The van der Waals surface area contributed by atoms with Crippen LogP contribution >= 0.6 is 0 Å². The van der Waals surface area contributed by atoms with Crippen LogP contribution in [-0.2, 0) is 30.5 Å². The Labute approximate surface area is 329 Å². The average Bonchev–Trinajstić information content (AvgIpc) is 3.46. The molecule has 1 aromatic rings.